The summed E-state index contributed by atoms with van der Waals surface area (Å²) >= 11 is 0. The highest BCUT2D eigenvalue weighted by molar-refractivity contribution is 6.07. The molecule has 9 heteroatoms. The number of benzene rings is 4. The number of ether oxygens (including phenoxy) is 3. The van der Waals surface area contributed by atoms with Crippen LogP contribution in [0.2, 0.25) is 0 Å². The smallest absolute Gasteiger partial charge is 0.178 e. The van der Waals surface area contributed by atoms with E-state index in [0.29, 0.717) is 16.9 Å². The summed E-state index contributed by atoms with van der Waals surface area (Å²) in [4.78, 5) is 27.2. The zero-order valence-corrected chi connectivity index (χ0v) is 21.2. The van der Waals surface area contributed by atoms with E-state index in [-0.39, 0.29) is 51.9 Å². The van der Waals surface area contributed by atoms with Gasteiger partial charge in [0.05, 0.1) is 30.6 Å². The molecule has 2 aliphatic heterocycles. The summed E-state index contributed by atoms with van der Waals surface area (Å²) in [6.07, 6.45) is -1.63. The Kier molecular flexibility index (Phi) is 5.99. The van der Waals surface area contributed by atoms with Crippen LogP contribution < -0.4 is 14.2 Å². The number of phenolic OH excluding ortho intramolecular Hbond substituents is 4. The summed E-state index contributed by atoms with van der Waals surface area (Å²) in [5.41, 5.74) is 1.24. The Morgan fingerprint density at radius 2 is 1.50 bits per heavy atom. The number of ketones is 2. The molecule has 0 aromatic heterocycles. The van der Waals surface area contributed by atoms with Crippen molar-refractivity contribution in [3.05, 3.63) is 101 Å². The summed E-state index contributed by atoms with van der Waals surface area (Å²) in [6, 6.07) is 18.3. The van der Waals surface area contributed by atoms with E-state index in [0.717, 1.165) is 6.07 Å². The van der Waals surface area contributed by atoms with Crippen LogP contribution in [0.4, 0.5) is 0 Å². The second-order valence-electron chi connectivity index (χ2n) is 9.69. The lowest BCUT2D eigenvalue weighted by Crippen LogP contribution is -2.22. The zero-order chi connectivity index (χ0) is 28.1. The number of hydrogen-bond donors (Lipinski definition) is 4. The second-order valence-corrected chi connectivity index (χ2v) is 9.69. The van der Waals surface area contributed by atoms with Gasteiger partial charge >= 0.3 is 0 Å². The van der Waals surface area contributed by atoms with Crippen molar-refractivity contribution in [1.82, 2.24) is 0 Å². The summed E-state index contributed by atoms with van der Waals surface area (Å²) in [5, 5.41) is 41.3. The molecule has 3 atom stereocenters. The minimum Gasteiger partial charge on any atom is -0.508 e. The highest BCUT2D eigenvalue weighted by atomic mass is 16.5. The van der Waals surface area contributed by atoms with Gasteiger partial charge < -0.3 is 34.6 Å². The third kappa shape index (κ3) is 4.12. The molecule has 0 fully saturated rings. The molecule has 2 aliphatic rings. The molecule has 0 saturated heterocycles. The first-order valence-electron chi connectivity index (χ1n) is 12.5. The molecule has 3 unspecified atom stereocenters. The minimum atomic E-state index is -1.13. The fraction of sp³-hybridized carbons (Fsp3) is 0.161. The average molecular weight is 541 g/mol. The van der Waals surface area contributed by atoms with Gasteiger partial charge in [0.1, 0.15) is 58.0 Å². The number of hydrogen-bond acceptors (Lipinski definition) is 9. The molecule has 40 heavy (non-hydrogen) atoms. The predicted octanol–water partition coefficient (Wildman–Crippen LogP) is 5.32. The highest BCUT2D eigenvalue weighted by Gasteiger charge is 2.46. The van der Waals surface area contributed by atoms with Crippen LogP contribution in [-0.4, -0.2) is 39.1 Å². The van der Waals surface area contributed by atoms with Crippen LogP contribution in [0.3, 0.4) is 0 Å². The van der Waals surface area contributed by atoms with E-state index in [9.17, 15) is 30.0 Å². The van der Waals surface area contributed by atoms with Gasteiger partial charge in [-0.05, 0) is 47.5 Å². The van der Waals surface area contributed by atoms with Gasteiger partial charge in [-0.2, -0.15) is 0 Å². The third-order valence-corrected chi connectivity index (χ3v) is 7.29. The molecule has 0 aliphatic carbocycles. The number of aromatic hydroxyl groups is 4. The van der Waals surface area contributed by atoms with Crippen LogP contribution in [0.1, 0.15) is 62.0 Å². The fourth-order valence-electron chi connectivity index (χ4n) is 5.31. The molecule has 6 rings (SSSR count). The summed E-state index contributed by atoms with van der Waals surface area (Å²) < 4.78 is 17.6. The lowest BCUT2D eigenvalue weighted by molar-refractivity contribution is 0.0842. The second kappa shape index (κ2) is 9.53. The molecule has 9 nitrogen and oxygen atoms in total. The van der Waals surface area contributed by atoms with Gasteiger partial charge in [0.15, 0.2) is 11.6 Å². The van der Waals surface area contributed by atoms with Crippen molar-refractivity contribution in [2.75, 3.05) is 7.11 Å². The highest BCUT2D eigenvalue weighted by Crippen LogP contribution is 2.56. The number of methoxy groups -OCH3 is 1. The van der Waals surface area contributed by atoms with Crippen molar-refractivity contribution >= 4 is 11.6 Å². The van der Waals surface area contributed by atoms with Gasteiger partial charge in [-0.3, -0.25) is 9.59 Å². The number of Topliss-reactive ketones (excluding diaryl/α,β-unsaturated/α-hetero) is 2. The average Bonchev–Trinajstić information content (AvgIpc) is 3.32. The maximum Gasteiger partial charge on any atom is 0.178 e. The Morgan fingerprint density at radius 1 is 0.825 bits per heavy atom. The first-order chi connectivity index (χ1) is 19.2. The monoisotopic (exact) mass is 540 g/mol. The van der Waals surface area contributed by atoms with Crippen molar-refractivity contribution in [2.24, 2.45) is 0 Å². The molecule has 4 aromatic carbocycles. The maximum absolute atomic E-state index is 13.9. The zero-order valence-electron chi connectivity index (χ0n) is 21.2. The van der Waals surface area contributed by atoms with Gasteiger partial charge in [0.25, 0.3) is 0 Å². The van der Waals surface area contributed by atoms with Crippen molar-refractivity contribution in [1.29, 1.82) is 0 Å². The van der Waals surface area contributed by atoms with E-state index in [2.05, 4.69) is 0 Å². The third-order valence-electron chi connectivity index (χ3n) is 7.29. The number of rotatable bonds is 5. The van der Waals surface area contributed by atoms with Gasteiger partial charge in [0, 0.05) is 12.1 Å². The van der Waals surface area contributed by atoms with Crippen LogP contribution in [0.25, 0.3) is 0 Å². The first-order valence-corrected chi connectivity index (χ1v) is 12.5. The van der Waals surface area contributed by atoms with Crippen molar-refractivity contribution in [3.63, 3.8) is 0 Å². The maximum atomic E-state index is 13.9. The molecule has 0 radical (unpaired) electrons. The van der Waals surface area contributed by atoms with Crippen molar-refractivity contribution < 1.29 is 44.2 Å². The fourth-order valence-corrected chi connectivity index (χ4v) is 5.31. The van der Waals surface area contributed by atoms with E-state index >= 15 is 0 Å². The molecule has 0 spiro atoms. The van der Waals surface area contributed by atoms with Gasteiger partial charge in [-0.1, -0.05) is 24.3 Å². The Balaban J connectivity index is 1.46. The number of phenols is 4. The Bertz CT molecular complexity index is 1640. The SMILES string of the molecule is COc1ccc(C2Oc3cc4c(c(O)c3C2C(=O)c2ccc(O)cc2O)C(=O)CC(c2ccc(O)cc2)O4)cc1. The van der Waals surface area contributed by atoms with Gasteiger partial charge in [-0.15, -0.1) is 0 Å². The summed E-state index contributed by atoms with van der Waals surface area (Å²) in [6.45, 7) is 0. The summed E-state index contributed by atoms with van der Waals surface area (Å²) in [5.74, 6) is -2.21. The minimum absolute atomic E-state index is 0.0551. The van der Waals surface area contributed by atoms with E-state index in [1.807, 2.05) is 0 Å². The predicted molar refractivity (Wildman–Crippen MR) is 142 cm³/mol. The standard InChI is InChI=1S/C31H24O9/c1-38-19-9-4-16(5-10-19)31-28(29(36)20-11-8-18(33)12-21(20)34)27-25(40-31)14-24-26(30(27)37)22(35)13-23(39-24)15-2-6-17(32)7-3-15/h2-12,14,23,28,31-34,37H,13H2,1H3. The molecular weight excluding hydrogens is 516 g/mol. The van der Waals surface area contributed by atoms with Crippen LogP contribution >= 0.6 is 0 Å². The molecular formula is C31H24O9. The van der Waals surface area contributed by atoms with Crippen LogP contribution in [0, 0.1) is 0 Å². The Labute approximate surface area is 228 Å². The first kappa shape index (κ1) is 25.1. The quantitative estimate of drug-likeness (QED) is 0.247. The lowest BCUT2D eigenvalue weighted by Gasteiger charge is -2.27. The number of carbonyl (C=O) groups excluding carboxylic acids is 2. The molecule has 0 bridgehead atoms. The van der Waals surface area contributed by atoms with Crippen LogP contribution in [0.5, 0.6) is 40.2 Å². The van der Waals surface area contributed by atoms with E-state index in [1.54, 1.807) is 36.4 Å². The molecule has 4 aromatic rings. The van der Waals surface area contributed by atoms with Crippen molar-refractivity contribution in [2.45, 2.75) is 24.5 Å². The summed E-state index contributed by atoms with van der Waals surface area (Å²) in [7, 11) is 1.53. The number of carbonyl (C=O) groups is 2. The molecule has 4 N–H and O–H groups in total. The lowest BCUT2D eigenvalue weighted by atomic mass is 9.82. The Morgan fingerprint density at radius 3 is 2.17 bits per heavy atom. The van der Waals surface area contributed by atoms with E-state index in [1.165, 1.54) is 37.4 Å². The van der Waals surface area contributed by atoms with Gasteiger partial charge in [0.2, 0.25) is 0 Å². The van der Waals surface area contributed by atoms with Crippen molar-refractivity contribution in [3.8, 4) is 40.2 Å². The molecule has 0 amide bonds. The molecule has 2 heterocycles. The normalized spacial score (nSPS) is 19.2. The van der Waals surface area contributed by atoms with Crippen LogP contribution in [-0.2, 0) is 0 Å². The topological polar surface area (TPSA) is 143 Å². The van der Waals surface area contributed by atoms with E-state index < -0.39 is 35.4 Å². The van der Waals surface area contributed by atoms with E-state index in [4.69, 9.17) is 14.2 Å². The van der Waals surface area contributed by atoms with Gasteiger partial charge in [-0.25, -0.2) is 0 Å². The largest absolute Gasteiger partial charge is 0.508 e. The Hall–Kier alpha value is -5.18. The molecule has 202 valence electrons. The van der Waals surface area contributed by atoms with Crippen LogP contribution in [0.15, 0.2) is 72.8 Å². The number of fused-ring (bicyclic) bond motifs is 2. The molecule has 0 saturated carbocycles.